The third-order valence-corrected chi connectivity index (χ3v) is 21.1. The minimum atomic E-state index is -0.666. The Bertz CT molecular complexity index is 5180. The molecule has 9 aromatic rings. The number of nitrogens with zero attached hydrogens (tertiary/aromatic N) is 15. The Morgan fingerprint density at radius 1 is 0.385 bits per heavy atom. The molecule has 12 rings (SSSR count). The van der Waals surface area contributed by atoms with Crippen molar-refractivity contribution in [3.05, 3.63) is 229 Å². The molecule has 3 amide bonds. The number of carbonyl (C=O) groups is 3. The number of methoxy groups -OCH3 is 1. The van der Waals surface area contributed by atoms with Gasteiger partial charge in [-0.1, -0.05) is 81.2 Å². The quantitative estimate of drug-likeness (QED) is 0.0506. The maximum absolute atomic E-state index is 13.4. The van der Waals surface area contributed by atoms with Gasteiger partial charge in [-0.3, -0.25) is 59.1 Å². The van der Waals surface area contributed by atoms with E-state index in [4.69, 9.17) is 85.9 Å². The number of pyridine rings is 3. The second-order valence-electron chi connectivity index (χ2n) is 26.8. The van der Waals surface area contributed by atoms with Crippen molar-refractivity contribution in [2.24, 2.45) is 0 Å². The van der Waals surface area contributed by atoms with Crippen molar-refractivity contribution in [3.63, 3.8) is 0 Å². The van der Waals surface area contributed by atoms with Gasteiger partial charge in [0, 0.05) is 159 Å². The van der Waals surface area contributed by atoms with E-state index in [0.29, 0.717) is 191 Å². The van der Waals surface area contributed by atoms with Gasteiger partial charge < -0.3 is 62.5 Å². The van der Waals surface area contributed by atoms with Gasteiger partial charge in [0.15, 0.2) is 0 Å². The van der Waals surface area contributed by atoms with Gasteiger partial charge in [0.25, 0.3) is 17.7 Å². The Hall–Kier alpha value is -9.33. The number of halogens is 7. The maximum atomic E-state index is 13.4. The largest absolute Gasteiger partial charge is 0.497 e. The Morgan fingerprint density at radius 2 is 0.679 bits per heavy atom. The van der Waals surface area contributed by atoms with E-state index in [0.717, 1.165) is 6.54 Å². The fourth-order valence-corrected chi connectivity index (χ4v) is 14.5. The average Bonchev–Trinajstić information content (AvgIpc) is 0.756. The number of anilines is 3. The molecule has 0 unspecified atom stereocenters. The molecule has 0 atom stereocenters. The molecular formula is C74H78Cl7N15O13. The number of fused-ring (bicyclic) bond motifs is 3. The highest BCUT2D eigenvalue weighted by atomic mass is 35.5. The van der Waals surface area contributed by atoms with Crippen molar-refractivity contribution < 1.29 is 33.9 Å². The second-order valence-corrected chi connectivity index (χ2v) is 29.7. The molecule has 0 N–H and O–H groups in total. The molecule has 28 nitrogen and oxygen atoms in total. The Kier molecular flexibility index (Phi) is 27.1. The van der Waals surface area contributed by atoms with Crippen LogP contribution >= 0.6 is 81.2 Å². The number of carbonyl (C=O) groups excluding carboxylic acids is 3. The summed E-state index contributed by atoms with van der Waals surface area (Å²) >= 11 is 42.9. The first-order valence-corrected chi connectivity index (χ1v) is 37.1. The van der Waals surface area contributed by atoms with Gasteiger partial charge in [-0.05, 0) is 171 Å². The number of ether oxygens (including phenoxy) is 1. The zero-order valence-corrected chi connectivity index (χ0v) is 65.9. The molecule has 0 radical (unpaired) electrons. The van der Waals surface area contributed by atoms with Gasteiger partial charge in [0.2, 0.25) is 0 Å². The lowest BCUT2D eigenvalue weighted by atomic mass is 10.1. The molecule has 109 heavy (non-hydrogen) atoms. The topological polar surface area (TPSA) is 285 Å². The molecule has 0 saturated carbocycles. The van der Waals surface area contributed by atoms with E-state index in [2.05, 4.69) is 0 Å². The SMILES string of the molecule is CN(C)CCCn1c(=O)c([N+](=O)[O-])c(N2CCN(C(=O)c3ccc(Cl)c(Cl)c3)CC2)c2cc(Cl)ccc21.CN(C)CCn1c(=O)c([N+](=O)[O-])c(N2CCN(C(=O)c3ccc(Cl)c(Cl)c3)CC2)c2cc(Cl)ccc21.COc1ccc(C(=O)N2CCN(c3c([N+](=O)[O-])c(=O)n(CCN(C)C)c4ccc(Cl)cc34)CC2)cc1. The van der Waals surface area contributed by atoms with E-state index in [1.165, 1.54) is 25.8 Å². The maximum Gasteiger partial charge on any atom is 0.357 e. The van der Waals surface area contributed by atoms with E-state index in [9.17, 15) is 59.1 Å². The second kappa shape index (κ2) is 36.0. The van der Waals surface area contributed by atoms with E-state index in [-0.39, 0.29) is 51.4 Å². The predicted octanol–water partition coefficient (Wildman–Crippen LogP) is 12.3. The zero-order valence-electron chi connectivity index (χ0n) is 60.6. The molecule has 3 saturated heterocycles. The van der Waals surface area contributed by atoms with E-state index in [1.807, 2.05) is 61.9 Å². The molecule has 0 spiro atoms. The fraction of sp³-hybridized carbons (Fsp3) is 0.351. The van der Waals surface area contributed by atoms with Crippen molar-refractivity contribution in [2.75, 3.05) is 162 Å². The Morgan fingerprint density at radius 3 is 0.963 bits per heavy atom. The van der Waals surface area contributed by atoms with Crippen LogP contribution in [0.3, 0.4) is 0 Å². The number of aromatic nitrogens is 3. The first kappa shape index (κ1) is 82.2. The number of aryl methyl sites for hydroxylation is 1. The van der Waals surface area contributed by atoms with Crippen molar-refractivity contribution in [3.8, 4) is 5.75 Å². The van der Waals surface area contributed by atoms with Crippen LogP contribution in [-0.4, -0.2) is 223 Å². The van der Waals surface area contributed by atoms with Crippen molar-refractivity contribution in [1.29, 1.82) is 0 Å². The number of likely N-dealkylation sites (N-methyl/N-ethyl adjacent to an activating group) is 2. The standard InChI is InChI=1S/C25H26Cl3N5O4.C25H28ClN5O5.C24H24Cl3N5O4/c1-29(2)8-3-9-32-21-7-5-17(26)15-18(21)22(23(25(32)35)33(36)37)30-10-12-31(13-11-30)24(34)16-4-6-19(27)20(28)14-16;1-27(2)10-15-30-21-9-6-18(26)16-20(21)22(23(25(30)33)31(34)35)28-11-13-29(14-12-28)24(32)17-4-7-19(36-3)8-5-17;1-28(2)7-12-31-20-6-4-16(25)14-17(20)21(22(24(31)34)32(35)36)29-8-10-30(11-9-29)23(33)15-3-5-18(26)19(27)13-15/h4-7,14-15H,3,8-13H2,1-2H3;4-9,16H,10-15H2,1-3H3;3-6,13-14H,7-12H2,1-2H3. The lowest BCUT2D eigenvalue weighted by Crippen LogP contribution is -2.49. The van der Waals surface area contributed by atoms with Crippen LogP contribution in [0.25, 0.3) is 32.7 Å². The highest BCUT2D eigenvalue weighted by Gasteiger charge is 2.37. The van der Waals surface area contributed by atoms with Crippen LogP contribution in [0.15, 0.2) is 130 Å². The van der Waals surface area contributed by atoms with Crippen LogP contribution < -0.4 is 36.1 Å². The molecule has 6 heterocycles. The minimum Gasteiger partial charge on any atom is -0.497 e. The number of nitro groups is 3. The zero-order chi connectivity index (χ0) is 79.0. The van der Waals surface area contributed by atoms with Crippen LogP contribution in [-0.2, 0) is 19.6 Å². The number of piperazine rings is 3. The van der Waals surface area contributed by atoms with Gasteiger partial charge in [0.05, 0.1) is 58.5 Å². The minimum absolute atomic E-state index is 0.126. The molecule has 3 aromatic heterocycles. The molecule has 35 heteroatoms. The Balaban J connectivity index is 0.000000174. The third-order valence-electron chi connectivity index (χ3n) is 18.9. The van der Waals surface area contributed by atoms with E-state index >= 15 is 0 Å². The number of benzene rings is 6. The predicted molar refractivity (Wildman–Crippen MR) is 430 cm³/mol. The van der Waals surface area contributed by atoms with Gasteiger partial charge in [0.1, 0.15) is 22.8 Å². The normalized spacial score (nSPS) is 14.0. The molecule has 576 valence electrons. The van der Waals surface area contributed by atoms with Gasteiger partial charge in [-0.2, -0.15) is 0 Å². The monoisotopic (exact) mass is 1630 g/mol. The molecule has 0 bridgehead atoms. The van der Waals surface area contributed by atoms with Crippen LogP contribution in [0, 0.1) is 30.3 Å². The number of hydrogen-bond acceptors (Lipinski definition) is 19. The average molecular weight is 1630 g/mol. The molecule has 3 aliphatic heterocycles. The molecule has 0 aliphatic carbocycles. The summed E-state index contributed by atoms with van der Waals surface area (Å²) in [7, 11) is 12.9. The number of hydrogen-bond donors (Lipinski definition) is 0. The van der Waals surface area contributed by atoms with Crippen LogP contribution in [0.1, 0.15) is 37.5 Å². The van der Waals surface area contributed by atoms with Gasteiger partial charge >= 0.3 is 33.7 Å². The van der Waals surface area contributed by atoms with E-state index < -0.39 is 48.5 Å². The van der Waals surface area contributed by atoms with E-state index in [1.54, 1.807) is 135 Å². The summed E-state index contributed by atoms with van der Waals surface area (Å²) in [5, 5.41) is 40.7. The lowest BCUT2D eigenvalue weighted by molar-refractivity contribution is -0.385. The van der Waals surface area contributed by atoms with Crippen molar-refractivity contribution in [1.82, 2.24) is 43.1 Å². The molecule has 3 fully saturated rings. The molecular weight excluding hydrogens is 1560 g/mol. The molecule has 3 aliphatic rings. The highest BCUT2D eigenvalue weighted by Crippen LogP contribution is 2.40. The smallest absolute Gasteiger partial charge is 0.357 e. The summed E-state index contributed by atoms with van der Waals surface area (Å²) in [5.74, 6) is 0.111. The fourth-order valence-electron chi connectivity index (χ4n) is 13.4. The van der Waals surface area contributed by atoms with Crippen molar-refractivity contribution in [2.45, 2.75) is 26.1 Å². The summed E-state index contributed by atoms with van der Waals surface area (Å²) in [4.78, 5) is 130. The third kappa shape index (κ3) is 18.8. The van der Waals surface area contributed by atoms with Crippen molar-refractivity contribution >= 4 is 166 Å². The summed E-state index contributed by atoms with van der Waals surface area (Å²) < 4.78 is 9.48. The van der Waals surface area contributed by atoms with Crippen LogP contribution in [0.2, 0.25) is 35.2 Å². The lowest BCUT2D eigenvalue weighted by Gasteiger charge is -2.36. The van der Waals surface area contributed by atoms with Crippen LogP contribution in [0.4, 0.5) is 34.1 Å². The van der Waals surface area contributed by atoms with Crippen LogP contribution in [0.5, 0.6) is 5.75 Å². The first-order valence-electron chi connectivity index (χ1n) is 34.5. The van der Waals surface area contributed by atoms with Gasteiger partial charge in [-0.25, -0.2) is 0 Å². The number of amides is 3. The number of rotatable bonds is 20. The summed E-state index contributed by atoms with van der Waals surface area (Å²) in [5.41, 5.74) is 0.394. The van der Waals surface area contributed by atoms with Gasteiger partial charge in [-0.15, -0.1) is 0 Å². The molecule has 6 aromatic carbocycles. The summed E-state index contributed by atoms with van der Waals surface area (Å²) in [6.45, 7) is 6.56. The highest BCUT2D eigenvalue weighted by molar-refractivity contribution is 6.43. The summed E-state index contributed by atoms with van der Waals surface area (Å²) in [6, 6.07) is 31.4. The Labute approximate surface area is 661 Å². The summed E-state index contributed by atoms with van der Waals surface area (Å²) in [6.07, 6.45) is 0.649. The first-order chi connectivity index (χ1) is 51.9.